The van der Waals surface area contributed by atoms with E-state index in [1.807, 2.05) is 12.1 Å². The van der Waals surface area contributed by atoms with Crippen molar-refractivity contribution in [1.82, 2.24) is 19.7 Å². The molecule has 1 amide bonds. The van der Waals surface area contributed by atoms with E-state index in [1.165, 1.54) is 0 Å². The Kier molecular flexibility index (Phi) is 4.13. The van der Waals surface area contributed by atoms with Crippen LogP contribution in [0.15, 0.2) is 28.9 Å². The van der Waals surface area contributed by atoms with E-state index in [0.29, 0.717) is 37.2 Å². The highest BCUT2D eigenvalue weighted by Gasteiger charge is 2.30. The van der Waals surface area contributed by atoms with Gasteiger partial charge in [-0.3, -0.25) is 4.79 Å². The molecule has 7 nitrogen and oxygen atoms in total. The van der Waals surface area contributed by atoms with Gasteiger partial charge in [-0.25, -0.2) is 9.67 Å². The molecule has 24 heavy (non-hydrogen) atoms. The molecule has 2 aromatic heterocycles. The van der Waals surface area contributed by atoms with Gasteiger partial charge in [0.05, 0.1) is 13.2 Å². The van der Waals surface area contributed by atoms with Crippen molar-refractivity contribution < 1.29 is 14.3 Å². The van der Waals surface area contributed by atoms with Gasteiger partial charge >= 0.3 is 0 Å². The van der Waals surface area contributed by atoms with Crippen LogP contribution in [0.25, 0.3) is 0 Å². The van der Waals surface area contributed by atoms with Gasteiger partial charge < -0.3 is 14.4 Å². The summed E-state index contributed by atoms with van der Waals surface area (Å²) < 4.78 is 14.0. The number of hydrogen-bond donors (Lipinski definition) is 0. The number of hydrogen-bond acceptors (Lipinski definition) is 5. The minimum atomic E-state index is -0.0737. The number of halogens is 1. The second kappa shape index (κ2) is 6.43. The van der Waals surface area contributed by atoms with Crippen LogP contribution >= 0.6 is 15.9 Å². The van der Waals surface area contributed by atoms with Crippen LogP contribution in [0, 0.1) is 0 Å². The summed E-state index contributed by atoms with van der Waals surface area (Å²) in [6.45, 7) is 2.67. The predicted molar refractivity (Wildman–Crippen MR) is 89.2 cm³/mol. The van der Waals surface area contributed by atoms with E-state index in [9.17, 15) is 4.79 Å². The normalized spacial score (nSPS) is 19.7. The van der Waals surface area contributed by atoms with Gasteiger partial charge in [0, 0.05) is 48.7 Å². The van der Waals surface area contributed by atoms with E-state index in [-0.39, 0.29) is 12.0 Å². The number of aromatic nitrogens is 3. The summed E-state index contributed by atoms with van der Waals surface area (Å²) in [5.41, 5.74) is 0.439. The number of carbonyl (C=O) groups excluding carboxylic acids is 1. The van der Waals surface area contributed by atoms with Crippen molar-refractivity contribution in [3.05, 3.63) is 34.6 Å². The quantitative estimate of drug-likeness (QED) is 0.799. The number of likely N-dealkylation sites (tertiary alicyclic amines) is 1. The Labute approximate surface area is 147 Å². The third-order valence-corrected chi connectivity index (χ3v) is 4.62. The predicted octanol–water partition coefficient (Wildman–Crippen LogP) is 2.12. The van der Waals surface area contributed by atoms with E-state index in [2.05, 4.69) is 26.0 Å². The lowest BCUT2D eigenvalue weighted by molar-refractivity contribution is 0.0764. The van der Waals surface area contributed by atoms with Gasteiger partial charge in [0.1, 0.15) is 6.10 Å². The molecule has 1 atom stereocenters. The fraction of sp³-hybridized carbons (Fsp3) is 0.438. The summed E-state index contributed by atoms with van der Waals surface area (Å²) in [7, 11) is 0. The molecule has 0 spiro atoms. The molecular weight excluding hydrogens is 376 g/mol. The van der Waals surface area contributed by atoms with Crippen LogP contribution in [-0.2, 0) is 6.54 Å². The zero-order valence-electron chi connectivity index (χ0n) is 13.0. The Balaban J connectivity index is 1.39. The van der Waals surface area contributed by atoms with E-state index >= 15 is 0 Å². The first-order valence-corrected chi connectivity index (χ1v) is 8.76. The number of carbonyl (C=O) groups is 1. The lowest BCUT2D eigenvalue weighted by atomic mass is 10.3. The molecule has 4 heterocycles. The maximum absolute atomic E-state index is 12.6. The molecule has 2 aliphatic rings. The number of nitrogens with zero attached hydrogens (tertiary/aromatic N) is 4. The maximum Gasteiger partial charge on any atom is 0.274 e. The number of rotatable bonds is 3. The Morgan fingerprint density at radius 2 is 2.29 bits per heavy atom. The first-order valence-electron chi connectivity index (χ1n) is 7.97. The molecule has 0 saturated carbocycles. The molecule has 1 unspecified atom stereocenters. The first kappa shape index (κ1) is 15.4. The van der Waals surface area contributed by atoms with Crippen molar-refractivity contribution in [2.75, 3.05) is 19.7 Å². The summed E-state index contributed by atoms with van der Waals surface area (Å²) in [6.07, 6.45) is 3.36. The minimum absolute atomic E-state index is 0.0453. The summed E-state index contributed by atoms with van der Waals surface area (Å²) in [6, 6.07) is 5.43. The Morgan fingerprint density at radius 1 is 1.38 bits per heavy atom. The second-order valence-electron chi connectivity index (χ2n) is 5.89. The summed E-state index contributed by atoms with van der Waals surface area (Å²) >= 11 is 3.35. The van der Waals surface area contributed by atoms with Crippen molar-refractivity contribution in [2.45, 2.75) is 25.5 Å². The molecule has 126 valence electrons. The zero-order valence-corrected chi connectivity index (χ0v) is 14.6. The van der Waals surface area contributed by atoms with Gasteiger partial charge in [0.2, 0.25) is 11.8 Å². The topological polar surface area (TPSA) is 69.5 Å². The molecule has 1 saturated heterocycles. The fourth-order valence-electron chi connectivity index (χ4n) is 2.95. The number of fused-ring (bicyclic) bond motifs is 1. The zero-order chi connectivity index (χ0) is 16.5. The molecular formula is C16H17BrN4O3. The van der Waals surface area contributed by atoms with Crippen LogP contribution in [0.4, 0.5) is 0 Å². The standard InChI is InChI=1S/C16H17BrN4O3/c17-11-2-3-14(18-9-11)24-12-4-6-20(10-12)16(22)13-8-15-21(19-13)5-1-7-23-15/h2-3,8-9,12H,1,4-7,10H2. The highest BCUT2D eigenvalue weighted by atomic mass is 79.9. The molecule has 0 aromatic carbocycles. The Hall–Kier alpha value is -2.09. The maximum atomic E-state index is 12.6. The van der Waals surface area contributed by atoms with Crippen molar-refractivity contribution in [3.63, 3.8) is 0 Å². The van der Waals surface area contributed by atoms with Gasteiger partial charge in [-0.2, -0.15) is 5.10 Å². The van der Waals surface area contributed by atoms with Crippen LogP contribution in [0.5, 0.6) is 11.8 Å². The number of ether oxygens (including phenoxy) is 2. The average Bonchev–Trinajstić information content (AvgIpc) is 3.23. The fourth-order valence-corrected chi connectivity index (χ4v) is 3.18. The first-order chi connectivity index (χ1) is 11.7. The smallest absolute Gasteiger partial charge is 0.274 e. The monoisotopic (exact) mass is 392 g/mol. The van der Waals surface area contributed by atoms with Crippen molar-refractivity contribution in [3.8, 4) is 11.8 Å². The van der Waals surface area contributed by atoms with Crippen LogP contribution in [0.1, 0.15) is 23.3 Å². The van der Waals surface area contributed by atoms with Crippen LogP contribution in [-0.4, -0.2) is 51.4 Å². The highest BCUT2D eigenvalue weighted by Crippen LogP contribution is 2.22. The SMILES string of the molecule is O=C(c1cc2n(n1)CCCO2)N1CCC(Oc2ccc(Br)cn2)C1. The Morgan fingerprint density at radius 3 is 3.08 bits per heavy atom. The largest absolute Gasteiger partial charge is 0.478 e. The number of aryl methyl sites for hydroxylation is 1. The Bertz CT molecular complexity index is 723. The molecule has 4 rings (SSSR count). The van der Waals surface area contributed by atoms with Crippen LogP contribution in [0.3, 0.4) is 0 Å². The van der Waals surface area contributed by atoms with Crippen molar-refractivity contribution in [1.29, 1.82) is 0 Å². The summed E-state index contributed by atoms with van der Waals surface area (Å²) in [5, 5.41) is 4.36. The molecule has 0 aliphatic carbocycles. The minimum Gasteiger partial charge on any atom is -0.478 e. The van der Waals surface area contributed by atoms with Gasteiger partial charge in [-0.15, -0.1) is 0 Å². The van der Waals surface area contributed by atoms with E-state index in [1.54, 1.807) is 21.8 Å². The molecule has 0 bridgehead atoms. The van der Waals surface area contributed by atoms with Crippen molar-refractivity contribution in [2.24, 2.45) is 0 Å². The second-order valence-corrected chi connectivity index (χ2v) is 6.80. The molecule has 2 aromatic rings. The average molecular weight is 393 g/mol. The van der Waals surface area contributed by atoms with Gasteiger partial charge in [0.25, 0.3) is 5.91 Å². The van der Waals surface area contributed by atoms with Crippen LogP contribution in [0.2, 0.25) is 0 Å². The molecule has 1 fully saturated rings. The highest BCUT2D eigenvalue weighted by molar-refractivity contribution is 9.10. The van der Waals surface area contributed by atoms with Crippen LogP contribution < -0.4 is 9.47 Å². The summed E-state index contributed by atoms with van der Waals surface area (Å²) in [5.74, 6) is 1.18. The third kappa shape index (κ3) is 3.10. The van der Waals surface area contributed by atoms with Crippen molar-refractivity contribution >= 4 is 21.8 Å². The number of amides is 1. The van der Waals surface area contributed by atoms with Gasteiger partial charge in [-0.1, -0.05) is 0 Å². The lowest BCUT2D eigenvalue weighted by Crippen LogP contribution is -2.31. The molecule has 0 N–H and O–H groups in total. The lowest BCUT2D eigenvalue weighted by Gasteiger charge is -2.15. The van der Waals surface area contributed by atoms with Gasteiger partial charge in [-0.05, 0) is 22.0 Å². The summed E-state index contributed by atoms with van der Waals surface area (Å²) in [4.78, 5) is 18.6. The van der Waals surface area contributed by atoms with E-state index < -0.39 is 0 Å². The third-order valence-electron chi connectivity index (χ3n) is 4.15. The molecule has 2 aliphatic heterocycles. The number of pyridine rings is 1. The molecule has 0 radical (unpaired) electrons. The van der Waals surface area contributed by atoms with E-state index in [4.69, 9.17) is 9.47 Å². The molecule has 8 heteroatoms. The van der Waals surface area contributed by atoms with E-state index in [0.717, 1.165) is 23.9 Å². The van der Waals surface area contributed by atoms with Gasteiger partial charge in [0.15, 0.2) is 5.69 Å².